The molecule has 1 amide bonds. The number of anilines is 1. The number of aromatic nitrogens is 3. The summed E-state index contributed by atoms with van der Waals surface area (Å²) >= 11 is 0. The van der Waals surface area contributed by atoms with E-state index >= 15 is 0 Å². The molecule has 1 unspecified atom stereocenters. The number of hydrogen-bond donors (Lipinski definition) is 1. The van der Waals surface area contributed by atoms with E-state index in [-0.39, 0.29) is 23.2 Å². The number of allylic oxidation sites excluding steroid dienone is 4. The number of ether oxygens (including phenoxy) is 1. The highest BCUT2D eigenvalue weighted by molar-refractivity contribution is 5.95. The zero-order valence-electron chi connectivity index (χ0n) is 16.4. The van der Waals surface area contributed by atoms with Crippen LogP contribution in [-0.4, -0.2) is 27.5 Å². The monoisotopic (exact) mass is 394 g/mol. The van der Waals surface area contributed by atoms with Crippen molar-refractivity contribution in [2.75, 3.05) is 11.9 Å². The fourth-order valence-electron chi connectivity index (χ4n) is 3.99. The van der Waals surface area contributed by atoms with E-state index in [1.807, 2.05) is 26.0 Å². The van der Waals surface area contributed by atoms with Crippen molar-refractivity contribution >= 4 is 11.6 Å². The second-order valence-corrected chi connectivity index (χ2v) is 7.66. The van der Waals surface area contributed by atoms with Gasteiger partial charge in [-0.05, 0) is 38.7 Å². The van der Waals surface area contributed by atoms with E-state index in [0.717, 1.165) is 12.1 Å². The number of hydrogen-bond acceptors (Lipinski definition) is 5. The Bertz CT molecular complexity index is 991. The quantitative estimate of drug-likeness (QED) is 0.755. The zero-order chi connectivity index (χ0) is 20.4. The number of halogens is 1. The SMILES string of the molecule is Cc1ncc(OC[C@@]2(C3C=CC=CC3)C[C@H]2C(=O)Nc2ccnc(F)c2)c(C)n1. The first-order valence-electron chi connectivity index (χ1n) is 9.67. The number of pyridine rings is 1. The smallest absolute Gasteiger partial charge is 0.228 e. The molecule has 0 bridgehead atoms. The molecule has 2 aromatic rings. The van der Waals surface area contributed by atoms with Gasteiger partial charge in [-0.3, -0.25) is 4.79 Å². The van der Waals surface area contributed by atoms with Gasteiger partial charge >= 0.3 is 0 Å². The molecule has 3 atom stereocenters. The number of carbonyl (C=O) groups is 1. The van der Waals surface area contributed by atoms with Crippen LogP contribution in [0.25, 0.3) is 0 Å². The summed E-state index contributed by atoms with van der Waals surface area (Å²) in [6.07, 6.45) is 12.9. The third-order valence-corrected chi connectivity index (χ3v) is 5.70. The van der Waals surface area contributed by atoms with E-state index in [0.29, 0.717) is 30.3 Å². The zero-order valence-corrected chi connectivity index (χ0v) is 16.4. The van der Waals surface area contributed by atoms with Gasteiger partial charge in [-0.2, -0.15) is 4.39 Å². The lowest BCUT2D eigenvalue weighted by atomic mass is 9.82. The van der Waals surface area contributed by atoms with E-state index in [4.69, 9.17) is 4.74 Å². The third kappa shape index (κ3) is 4.04. The normalized spacial score (nSPS) is 24.9. The Kier molecular flexibility index (Phi) is 5.13. The predicted octanol–water partition coefficient (Wildman–Crippen LogP) is 3.78. The van der Waals surface area contributed by atoms with Crippen LogP contribution in [0, 0.1) is 37.0 Å². The summed E-state index contributed by atoms with van der Waals surface area (Å²) in [6, 6.07) is 2.80. The number of aryl methyl sites for hydroxylation is 2. The van der Waals surface area contributed by atoms with Gasteiger partial charge in [-0.15, -0.1) is 0 Å². The van der Waals surface area contributed by atoms with Crippen molar-refractivity contribution in [3.63, 3.8) is 0 Å². The first kappa shape index (κ1) is 19.2. The van der Waals surface area contributed by atoms with Gasteiger partial charge in [0.25, 0.3) is 0 Å². The minimum atomic E-state index is -0.622. The average Bonchev–Trinajstić information content (AvgIpc) is 3.44. The molecule has 2 aliphatic rings. The van der Waals surface area contributed by atoms with Crippen LogP contribution < -0.4 is 10.1 Å². The summed E-state index contributed by atoms with van der Waals surface area (Å²) in [5.41, 5.74) is 0.876. The van der Waals surface area contributed by atoms with Gasteiger partial charge < -0.3 is 10.1 Å². The van der Waals surface area contributed by atoms with E-state index < -0.39 is 5.95 Å². The molecule has 150 valence electrons. The number of nitrogens with zero attached hydrogens (tertiary/aromatic N) is 3. The van der Waals surface area contributed by atoms with Crippen molar-refractivity contribution in [2.24, 2.45) is 17.3 Å². The molecule has 1 N–H and O–H groups in total. The fraction of sp³-hybridized carbons (Fsp3) is 0.364. The highest BCUT2D eigenvalue weighted by Crippen LogP contribution is 2.60. The summed E-state index contributed by atoms with van der Waals surface area (Å²) in [6.45, 7) is 4.11. The van der Waals surface area contributed by atoms with Crippen molar-refractivity contribution in [1.29, 1.82) is 0 Å². The summed E-state index contributed by atoms with van der Waals surface area (Å²) in [4.78, 5) is 25.0. The fourth-order valence-corrected chi connectivity index (χ4v) is 3.99. The Balaban J connectivity index is 1.51. The molecule has 0 aliphatic heterocycles. The lowest BCUT2D eigenvalue weighted by molar-refractivity contribution is -0.118. The standard InChI is InChI=1S/C22H23FN4O2/c1-14-19(12-25-15(2)26-14)29-13-22(16-6-4-3-5-7-16)11-18(22)21(28)27-17-8-9-24-20(23)10-17/h3-6,8-10,12,16,18H,7,11,13H2,1-2H3,(H,24,27,28)/t16?,18-,22+/m0/s1. The first-order valence-corrected chi connectivity index (χ1v) is 9.67. The van der Waals surface area contributed by atoms with E-state index in [1.165, 1.54) is 12.3 Å². The second kappa shape index (κ2) is 7.73. The number of rotatable bonds is 6. The molecule has 0 saturated heterocycles. The van der Waals surface area contributed by atoms with Crippen LogP contribution in [0.4, 0.5) is 10.1 Å². The van der Waals surface area contributed by atoms with Crippen molar-refractivity contribution in [1.82, 2.24) is 15.0 Å². The average molecular weight is 394 g/mol. The van der Waals surface area contributed by atoms with Crippen LogP contribution in [0.2, 0.25) is 0 Å². The molecule has 6 nitrogen and oxygen atoms in total. The van der Waals surface area contributed by atoms with Crippen molar-refractivity contribution in [2.45, 2.75) is 26.7 Å². The lowest BCUT2D eigenvalue weighted by Crippen LogP contribution is -2.29. The number of nitrogens with one attached hydrogen (secondary N) is 1. The molecule has 2 heterocycles. The van der Waals surface area contributed by atoms with Gasteiger partial charge in [0.1, 0.15) is 5.82 Å². The van der Waals surface area contributed by atoms with Gasteiger partial charge in [0.05, 0.1) is 18.5 Å². The Hall–Kier alpha value is -3.09. The Labute approximate surface area is 168 Å². The second-order valence-electron chi connectivity index (χ2n) is 7.66. The van der Waals surface area contributed by atoms with Crippen LogP contribution >= 0.6 is 0 Å². The van der Waals surface area contributed by atoms with E-state index in [2.05, 4.69) is 32.4 Å². The minimum Gasteiger partial charge on any atom is -0.489 e. The van der Waals surface area contributed by atoms with Crippen LogP contribution in [0.1, 0.15) is 24.4 Å². The van der Waals surface area contributed by atoms with E-state index in [1.54, 1.807) is 12.3 Å². The van der Waals surface area contributed by atoms with Gasteiger partial charge in [-0.1, -0.05) is 24.3 Å². The molecule has 2 aliphatic carbocycles. The maximum absolute atomic E-state index is 13.3. The highest BCUT2D eigenvalue weighted by Gasteiger charge is 2.62. The van der Waals surface area contributed by atoms with Gasteiger partial charge in [0, 0.05) is 29.3 Å². The lowest BCUT2D eigenvalue weighted by Gasteiger charge is -2.26. The number of amides is 1. The van der Waals surface area contributed by atoms with Crippen LogP contribution in [0.5, 0.6) is 5.75 Å². The largest absolute Gasteiger partial charge is 0.489 e. The summed E-state index contributed by atoms with van der Waals surface area (Å²) in [7, 11) is 0. The highest BCUT2D eigenvalue weighted by atomic mass is 19.1. The Morgan fingerprint density at radius 3 is 2.93 bits per heavy atom. The molecule has 7 heteroatoms. The molecular formula is C22H23FN4O2. The maximum Gasteiger partial charge on any atom is 0.228 e. The molecule has 29 heavy (non-hydrogen) atoms. The molecule has 4 rings (SSSR count). The molecular weight excluding hydrogens is 371 g/mol. The minimum absolute atomic E-state index is 0.126. The van der Waals surface area contributed by atoms with Crippen LogP contribution in [0.15, 0.2) is 48.8 Å². The molecule has 0 aromatic carbocycles. The molecule has 1 fully saturated rings. The summed E-state index contributed by atoms with van der Waals surface area (Å²) in [5, 5.41) is 2.81. The first-order chi connectivity index (χ1) is 14.0. The predicted molar refractivity (Wildman–Crippen MR) is 107 cm³/mol. The van der Waals surface area contributed by atoms with Gasteiger partial charge in [0.2, 0.25) is 11.9 Å². The molecule has 0 spiro atoms. The van der Waals surface area contributed by atoms with Crippen molar-refractivity contribution < 1.29 is 13.9 Å². The third-order valence-electron chi connectivity index (χ3n) is 5.70. The molecule has 0 radical (unpaired) electrons. The van der Waals surface area contributed by atoms with Crippen molar-refractivity contribution in [3.8, 4) is 5.75 Å². The van der Waals surface area contributed by atoms with E-state index in [9.17, 15) is 9.18 Å². The van der Waals surface area contributed by atoms with Crippen LogP contribution in [-0.2, 0) is 4.79 Å². The Morgan fingerprint density at radius 1 is 1.34 bits per heavy atom. The summed E-state index contributed by atoms with van der Waals surface area (Å²) in [5.74, 6) is 0.559. The maximum atomic E-state index is 13.3. The summed E-state index contributed by atoms with van der Waals surface area (Å²) < 4.78 is 19.4. The van der Waals surface area contributed by atoms with Gasteiger partial charge in [0.15, 0.2) is 5.75 Å². The number of carbonyl (C=O) groups excluding carboxylic acids is 1. The molecule has 1 saturated carbocycles. The van der Waals surface area contributed by atoms with Crippen molar-refractivity contribution in [3.05, 3.63) is 66.3 Å². The Morgan fingerprint density at radius 2 is 2.21 bits per heavy atom. The molecule has 2 aromatic heterocycles. The van der Waals surface area contributed by atoms with Gasteiger partial charge in [-0.25, -0.2) is 15.0 Å². The topological polar surface area (TPSA) is 77.0 Å². The van der Waals surface area contributed by atoms with Crippen LogP contribution in [0.3, 0.4) is 0 Å².